The van der Waals surface area contributed by atoms with Gasteiger partial charge in [-0.05, 0) is 39.3 Å². The summed E-state index contributed by atoms with van der Waals surface area (Å²) in [6.07, 6.45) is 0.896. The maximum Gasteiger partial charge on any atom is 0.426 e. The van der Waals surface area contributed by atoms with E-state index in [1.54, 1.807) is 20.8 Å². The van der Waals surface area contributed by atoms with E-state index in [0.717, 1.165) is 5.01 Å². The van der Waals surface area contributed by atoms with Gasteiger partial charge in [-0.25, -0.2) is 15.2 Å². The van der Waals surface area contributed by atoms with E-state index in [1.807, 2.05) is 0 Å². The maximum atomic E-state index is 12.2. The fraction of sp³-hybridized carbons (Fsp3) is 0.471. The third-order valence-corrected chi connectivity index (χ3v) is 3.78. The zero-order valence-electron chi connectivity index (χ0n) is 15.7. The van der Waals surface area contributed by atoms with Crippen molar-refractivity contribution in [3.8, 4) is 0 Å². The number of nitrogens with zero attached hydrogens (tertiary/aromatic N) is 2. The van der Waals surface area contributed by atoms with Gasteiger partial charge < -0.3 is 15.4 Å². The van der Waals surface area contributed by atoms with Crippen LogP contribution in [0, 0.1) is 0 Å². The first kappa shape index (κ1) is 21.4. The number of halogens is 1. The van der Waals surface area contributed by atoms with Crippen LogP contribution in [0.4, 0.5) is 10.6 Å². The molecule has 0 bridgehead atoms. The molecule has 0 unspecified atom stereocenters. The van der Waals surface area contributed by atoms with Crippen molar-refractivity contribution in [2.45, 2.75) is 45.3 Å². The van der Waals surface area contributed by atoms with Gasteiger partial charge in [-0.2, -0.15) is 0 Å². The Balaban J connectivity index is 1.80. The Kier molecular flexibility index (Phi) is 6.79. The first-order valence-corrected chi connectivity index (χ1v) is 8.95. The largest absolute Gasteiger partial charge is 0.443 e. The van der Waals surface area contributed by atoms with Crippen molar-refractivity contribution >= 4 is 41.2 Å². The fourth-order valence-corrected chi connectivity index (χ4v) is 2.47. The molecule has 0 radical (unpaired) electrons. The van der Waals surface area contributed by atoms with Crippen molar-refractivity contribution < 1.29 is 23.9 Å². The summed E-state index contributed by atoms with van der Waals surface area (Å²) in [5, 5.41) is 6.36. The van der Waals surface area contributed by atoms with Gasteiger partial charge in [0, 0.05) is 25.2 Å². The maximum absolute atomic E-state index is 12.2. The molecular weight excluding hydrogens is 390 g/mol. The fourth-order valence-electron chi connectivity index (χ4n) is 2.36. The molecule has 3 N–H and O–H groups in total. The number of anilines is 1. The molecule has 152 valence electrons. The molecule has 1 fully saturated rings. The second kappa shape index (κ2) is 8.87. The lowest BCUT2D eigenvalue weighted by Crippen LogP contribution is -2.55. The number of carbonyl (C=O) groups is 4. The Hall–Kier alpha value is -2.88. The summed E-state index contributed by atoms with van der Waals surface area (Å²) in [7, 11) is 0. The predicted octanol–water partition coefficient (Wildman–Crippen LogP) is 1.22. The molecule has 4 amide bonds. The number of pyridine rings is 1. The van der Waals surface area contributed by atoms with Gasteiger partial charge in [-0.15, -0.1) is 0 Å². The monoisotopic (exact) mass is 411 g/mol. The molecule has 2 rings (SSSR count). The summed E-state index contributed by atoms with van der Waals surface area (Å²) in [6.45, 7) is 5.30. The van der Waals surface area contributed by atoms with E-state index in [0.29, 0.717) is 11.4 Å². The molecule has 1 aromatic rings. The number of rotatable bonds is 3. The number of aromatic nitrogens is 1. The van der Waals surface area contributed by atoms with Crippen LogP contribution < -0.4 is 16.1 Å². The highest BCUT2D eigenvalue weighted by Gasteiger charge is 2.30. The minimum Gasteiger partial charge on any atom is -0.443 e. The van der Waals surface area contributed by atoms with Crippen LogP contribution in [0.5, 0.6) is 0 Å². The van der Waals surface area contributed by atoms with E-state index in [1.165, 1.54) is 18.3 Å². The number of carbonyl (C=O) groups excluding carboxylic acids is 4. The molecule has 2 heterocycles. The van der Waals surface area contributed by atoms with Crippen LogP contribution in [-0.4, -0.2) is 52.0 Å². The predicted molar refractivity (Wildman–Crippen MR) is 100 cm³/mol. The Morgan fingerprint density at radius 2 is 1.96 bits per heavy atom. The molecule has 0 saturated carbocycles. The summed E-state index contributed by atoms with van der Waals surface area (Å²) in [6, 6.07) is 2.45. The molecule has 1 aromatic heterocycles. The van der Waals surface area contributed by atoms with E-state index < -0.39 is 35.5 Å². The smallest absolute Gasteiger partial charge is 0.426 e. The van der Waals surface area contributed by atoms with Crippen molar-refractivity contribution in [2.24, 2.45) is 0 Å². The Morgan fingerprint density at radius 1 is 1.25 bits per heavy atom. The minimum atomic E-state index is -0.906. The highest BCUT2D eigenvalue weighted by Crippen LogP contribution is 2.12. The second-order valence-electron chi connectivity index (χ2n) is 7.14. The molecular formula is C17H22ClN5O5. The molecule has 1 aliphatic heterocycles. The van der Waals surface area contributed by atoms with Gasteiger partial charge >= 0.3 is 17.9 Å². The van der Waals surface area contributed by atoms with Crippen LogP contribution in [0.25, 0.3) is 0 Å². The first-order chi connectivity index (χ1) is 13.0. The quantitative estimate of drug-likeness (QED) is 0.641. The summed E-state index contributed by atoms with van der Waals surface area (Å²) in [5.41, 5.74) is 1.68. The summed E-state index contributed by atoms with van der Waals surface area (Å²) < 4.78 is 5.09. The third kappa shape index (κ3) is 6.69. The van der Waals surface area contributed by atoms with Gasteiger partial charge in [0.05, 0.1) is 5.02 Å². The lowest BCUT2D eigenvalue weighted by Gasteiger charge is -2.32. The van der Waals surface area contributed by atoms with Gasteiger partial charge in [-0.1, -0.05) is 11.6 Å². The summed E-state index contributed by atoms with van der Waals surface area (Å²) in [4.78, 5) is 51.7. The number of piperidine rings is 1. The van der Waals surface area contributed by atoms with Crippen molar-refractivity contribution in [3.05, 3.63) is 23.4 Å². The SMILES string of the molecule is CC(C)(C)OC(=O)NN1CC[C@H](NC(=O)C(=O)Nc2ccc(Cl)cn2)CC1=O. The topological polar surface area (TPSA) is 130 Å². The van der Waals surface area contributed by atoms with E-state index >= 15 is 0 Å². The molecule has 0 spiro atoms. The Morgan fingerprint density at radius 3 is 2.54 bits per heavy atom. The average molecular weight is 412 g/mol. The van der Waals surface area contributed by atoms with Crippen LogP contribution in [0.15, 0.2) is 18.3 Å². The van der Waals surface area contributed by atoms with Crippen LogP contribution in [0.1, 0.15) is 33.6 Å². The zero-order chi connectivity index (χ0) is 20.9. The summed E-state index contributed by atoms with van der Waals surface area (Å²) >= 11 is 5.70. The molecule has 0 aliphatic carbocycles. The number of hydrazine groups is 1. The highest BCUT2D eigenvalue weighted by atomic mass is 35.5. The second-order valence-corrected chi connectivity index (χ2v) is 7.57. The highest BCUT2D eigenvalue weighted by molar-refractivity contribution is 6.39. The Bertz CT molecular complexity index is 762. The van der Waals surface area contributed by atoms with Crippen LogP contribution in [-0.2, 0) is 19.1 Å². The van der Waals surface area contributed by atoms with E-state index in [-0.39, 0.29) is 18.8 Å². The van der Waals surface area contributed by atoms with E-state index in [4.69, 9.17) is 16.3 Å². The molecule has 1 saturated heterocycles. The van der Waals surface area contributed by atoms with Crippen LogP contribution in [0.3, 0.4) is 0 Å². The summed E-state index contributed by atoms with van der Waals surface area (Å²) in [5.74, 6) is -2.01. The lowest BCUT2D eigenvalue weighted by molar-refractivity contribution is -0.140. The normalized spacial score (nSPS) is 16.9. The van der Waals surface area contributed by atoms with Gasteiger partial charge in [0.1, 0.15) is 11.4 Å². The molecule has 1 atom stereocenters. The van der Waals surface area contributed by atoms with E-state index in [9.17, 15) is 19.2 Å². The van der Waals surface area contributed by atoms with Gasteiger partial charge in [0.15, 0.2) is 0 Å². The molecule has 0 aromatic carbocycles. The lowest BCUT2D eigenvalue weighted by atomic mass is 10.1. The molecule has 10 nitrogen and oxygen atoms in total. The number of amides is 4. The van der Waals surface area contributed by atoms with E-state index in [2.05, 4.69) is 21.0 Å². The molecule has 1 aliphatic rings. The minimum absolute atomic E-state index is 0.0615. The Labute approximate surface area is 166 Å². The van der Waals surface area contributed by atoms with Gasteiger partial charge in [-0.3, -0.25) is 19.4 Å². The van der Waals surface area contributed by atoms with Crippen molar-refractivity contribution in [1.29, 1.82) is 0 Å². The van der Waals surface area contributed by atoms with Gasteiger partial charge in [0.25, 0.3) is 0 Å². The van der Waals surface area contributed by atoms with Gasteiger partial charge in [0.2, 0.25) is 5.91 Å². The molecule has 28 heavy (non-hydrogen) atoms. The van der Waals surface area contributed by atoms with Crippen molar-refractivity contribution in [1.82, 2.24) is 20.7 Å². The standard InChI is InChI=1S/C17H22ClN5O5/c1-17(2,3)28-16(27)22-23-7-6-11(8-13(23)24)20-14(25)15(26)21-12-5-4-10(18)9-19-12/h4-5,9,11H,6-8H2,1-3H3,(H,20,25)(H,22,27)(H,19,21,26)/t11-/m0/s1. The van der Waals surface area contributed by atoms with Crippen LogP contribution >= 0.6 is 11.6 Å². The first-order valence-electron chi connectivity index (χ1n) is 8.57. The third-order valence-electron chi connectivity index (χ3n) is 3.56. The van der Waals surface area contributed by atoms with Crippen molar-refractivity contribution in [3.63, 3.8) is 0 Å². The zero-order valence-corrected chi connectivity index (χ0v) is 16.5. The molecule has 11 heteroatoms. The van der Waals surface area contributed by atoms with Crippen LogP contribution in [0.2, 0.25) is 5.02 Å². The number of nitrogens with one attached hydrogen (secondary N) is 3. The number of hydrogen-bond donors (Lipinski definition) is 3. The van der Waals surface area contributed by atoms with Crippen molar-refractivity contribution in [2.75, 3.05) is 11.9 Å². The number of ether oxygens (including phenoxy) is 1. The average Bonchev–Trinajstić information content (AvgIpc) is 2.57. The number of hydrogen-bond acceptors (Lipinski definition) is 6.